The summed E-state index contributed by atoms with van der Waals surface area (Å²) < 4.78 is 6.30. The fourth-order valence-corrected chi connectivity index (χ4v) is 1.89. The quantitative estimate of drug-likeness (QED) is 0.831. The van der Waals surface area contributed by atoms with Gasteiger partial charge in [0.25, 0.3) is 0 Å². The van der Waals surface area contributed by atoms with Gasteiger partial charge in [0, 0.05) is 18.0 Å². The highest BCUT2D eigenvalue weighted by molar-refractivity contribution is 5.72. The molecule has 0 saturated heterocycles. The molecule has 2 aromatic rings. The van der Waals surface area contributed by atoms with Crippen LogP contribution >= 0.6 is 0 Å². The molecule has 0 radical (unpaired) electrons. The van der Waals surface area contributed by atoms with Gasteiger partial charge in [-0.15, -0.1) is 0 Å². The lowest BCUT2D eigenvalue weighted by Gasteiger charge is -2.03. The minimum absolute atomic E-state index is 0.150. The molecule has 108 valence electrons. The van der Waals surface area contributed by atoms with Crippen LogP contribution in [-0.4, -0.2) is 27.3 Å². The summed E-state index contributed by atoms with van der Waals surface area (Å²) in [4.78, 5) is 15.4. The lowest BCUT2D eigenvalue weighted by Crippen LogP contribution is -2.11. The van der Waals surface area contributed by atoms with Gasteiger partial charge >= 0.3 is 5.97 Å². The molecule has 0 spiro atoms. The van der Waals surface area contributed by atoms with Crippen molar-refractivity contribution in [1.29, 1.82) is 5.26 Å². The molecule has 2 aromatic heterocycles. The number of nitrogens with zero attached hydrogens (tertiary/aromatic N) is 4. The monoisotopic (exact) mass is 285 g/mol. The average molecular weight is 285 g/mol. The second-order valence-corrected chi connectivity index (χ2v) is 4.24. The Morgan fingerprint density at radius 3 is 3.00 bits per heavy atom. The topological polar surface area (TPSA) is 107 Å². The van der Waals surface area contributed by atoms with Crippen molar-refractivity contribution in [2.75, 3.05) is 12.3 Å². The Bertz CT molecular complexity index is 673. The average Bonchev–Trinajstić information content (AvgIpc) is 2.82. The van der Waals surface area contributed by atoms with E-state index in [0.29, 0.717) is 17.9 Å². The molecule has 0 amide bonds. The van der Waals surface area contributed by atoms with Crippen LogP contribution in [0, 0.1) is 11.3 Å². The fraction of sp³-hybridized carbons (Fsp3) is 0.286. The maximum absolute atomic E-state index is 11.4. The first-order valence-electron chi connectivity index (χ1n) is 6.49. The molecule has 2 heterocycles. The number of nitrogens with two attached hydrogens (primary N) is 1. The standard InChI is InChI=1S/C14H15N5O2/c1-2-21-12(20)5-7-19-14(16)11(8-15)13(18-19)10-4-3-6-17-9-10/h3-4,6,9H,2,5,7,16H2,1H3. The maximum Gasteiger partial charge on any atom is 0.307 e. The molecular formula is C14H15N5O2. The summed E-state index contributed by atoms with van der Waals surface area (Å²) in [5.41, 5.74) is 7.37. The molecule has 21 heavy (non-hydrogen) atoms. The molecule has 0 aromatic carbocycles. The van der Waals surface area contributed by atoms with Crippen molar-refractivity contribution in [3.05, 3.63) is 30.1 Å². The smallest absolute Gasteiger partial charge is 0.307 e. The number of hydrogen-bond acceptors (Lipinski definition) is 6. The van der Waals surface area contributed by atoms with Gasteiger partial charge in [-0.05, 0) is 19.1 Å². The van der Waals surface area contributed by atoms with E-state index in [-0.39, 0.29) is 30.3 Å². The van der Waals surface area contributed by atoms with Crippen LogP contribution in [-0.2, 0) is 16.1 Å². The fourth-order valence-electron chi connectivity index (χ4n) is 1.89. The van der Waals surface area contributed by atoms with Crippen molar-refractivity contribution in [2.45, 2.75) is 19.9 Å². The van der Waals surface area contributed by atoms with Gasteiger partial charge < -0.3 is 10.5 Å². The number of nitrogen functional groups attached to an aromatic ring is 1. The summed E-state index contributed by atoms with van der Waals surface area (Å²) >= 11 is 0. The highest BCUT2D eigenvalue weighted by atomic mass is 16.5. The molecule has 0 atom stereocenters. The number of carbonyl (C=O) groups is 1. The summed E-state index contributed by atoms with van der Waals surface area (Å²) in [7, 11) is 0. The zero-order valence-electron chi connectivity index (χ0n) is 11.6. The Hall–Kier alpha value is -2.88. The third-order valence-electron chi connectivity index (χ3n) is 2.87. The Morgan fingerprint density at radius 1 is 1.57 bits per heavy atom. The lowest BCUT2D eigenvalue weighted by molar-refractivity contribution is -0.143. The zero-order chi connectivity index (χ0) is 15.2. The van der Waals surface area contributed by atoms with Crippen LogP contribution in [0.25, 0.3) is 11.3 Å². The summed E-state index contributed by atoms with van der Waals surface area (Å²) in [6.45, 7) is 2.34. The molecule has 0 saturated carbocycles. The SMILES string of the molecule is CCOC(=O)CCn1nc(-c2cccnc2)c(C#N)c1N. The number of aryl methyl sites for hydroxylation is 1. The number of pyridine rings is 1. The summed E-state index contributed by atoms with van der Waals surface area (Å²) in [6, 6.07) is 5.59. The van der Waals surface area contributed by atoms with Gasteiger partial charge in [0.05, 0.1) is 19.6 Å². The number of nitriles is 1. The van der Waals surface area contributed by atoms with Crippen molar-refractivity contribution in [3.63, 3.8) is 0 Å². The van der Waals surface area contributed by atoms with Crippen LogP contribution < -0.4 is 5.73 Å². The minimum Gasteiger partial charge on any atom is -0.466 e. The van der Waals surface area contributed by atoms with Crippen LogP contribution in [0.15, 0.2) is 24.5 Å². The number of anilines is 1. The van der Waals surface area contributed by atoms with E-state index in [2.05, 4.69) is 10.1 Å². The van der Waals surface area contributed by atoms with Crippen LogP contribution in [0.5, 0.6) is 0 Å². The minimum atomic E-state index is -0.325. The molecule has 0 unspecified atom stereocenters. The number of aromatic nitrogens is 3. The van der Waals surface area contributed by atoms with E-state index in [0.717, 1.165) is 0 Å². The van der Waals surface area contributed by atoms with Gasteiger partial charge in [-0.1, -0.05) is 0 Å². The van der Waals surface area contributed by atoms with Crippen LogP contribution in [0.1, 0.15) is 18.9 Å². The molecule has 0 bridgehead atoms. The molecular weight excluding hydrogens is 270 g/mol. The maximum atomic E-state index is 11.4. The van der Waals surface area contributed by atoms with Crippen LogP contribution in [0.2, 0.25) is 0 Å². The van der Waals surface area contributed by atoms with Gasteiger partial charge in [-0.3, -0.25) is 9.78 Å². The number of rotatable bonds is 5. The van der Waals surface area contributed by atoms with E-state index in [1.165, 1.54) is 4.68 Å². The van der Waals surface area contributed by atoms with E-state index >= 15 is 0 Å². The van der Waals surface area contributed by atoms with Gasteiger partial charge in [-0.2, -0.15) is 10.4 Å². The van der Waals surface area contributed by atoms with E-state index in [1.54, 1.807) is 31.5 Å². The lowest BCUT2D eigenvalue weighted by atomic mass is 10.1. The van der Waals surface area contributed by atoms with E-state index in [9.17, 15) is 10.1 Å². The van der Waals surface area contributed by atoms with E-state index < -0.39 is 0 Å². The Labute approximate surface area is 122 Å². The number of carbonyl (C=O) groups excluding carboxylic acids is 1. The van der Waals surface area contributed by atoms with Gasteiger partial charge in [0.15, 0.2) is 0 Å². The van der Waals surface area contributed by atoms with Crippen molar-refractivity contribution < 1.29 is 9.53 Å². The summed E-state index contributed by atoms with van der Waals surface area (Å²) in [5, 5.41) is 13.5. The highest BCUT2D eigenvalue weighted by Gasteiger charge is 2.17. The summed E-state index contributed by atoms with van der Waals surface area (Å²) in [6.07, 6.45) is 3.39. The number of hydrogen-bond donors (Lipinski definition) is 1. The third kappa shape index (κ3) is 3.17. The van der Waals surface area contributed by atoms with Crippen LogP contribution in [0.3, 0.4) is 0 Å². The Morgan fingerprint density at radius 2 is 2.38 bits per heavy atom. The van der Waals surface area contributed by atoms with Gasteiger partial charge in [0.2, 0.25) is 0 Å². The first-order valence-corrected chi connectivity index (χ1v) is 6.49. The molecule has 7 nitrogen and oxygen atoms in total. The molecule has 0 fully saturated rings. The van der Waals surface area contributed by atoms with Gasteiger partial charge in [0.1, 0.15) is 23.1 Å². The van der Waals surface area contributed by atoms with Crippen molar-refractivity contribution in [3.8, 4) is 17.3 Å². The Kier molecular flexibility index (Phi) is 4.51. The third-order valence-corrected chi connectivity index (χ3v) is 2.87. The predicted molar refractivity (Wildman–Crippen MR) is 75.8 cm³/mol. The molecule has 2 rings (SSSR count). The zero-order valence-corrected chi connectivity index (χ0v) is 11.6. The number of ether oxygens (including phenoxy) is 1. The van der Waals surface area contributed by atoms with Crippen molar-refractivity contribution in [2.24, 2.45) is 0 Å². The second-order valence-electron chi connectivity index (χ2n) is 4.24. The first-order chi connectivity index (χ1) is 10.2. The van der Waals surface area contributed by atoms with E-state index in [1.807, 2.05) is 6.07 Å². The molecule has 0 aliphatic heterocycles. The Balaban J connectivity index is 2.27. The summed E-state index contributed by atoms with van der Waals surface area (Å²) in [5.74, 6) is -0.0884. The molecule has 0 aliphatic carbocycles. The molecule has 0 aliphatic rings. The largest absolute Gasteiger partial charge is 0.466 e. The van der Waals surface area contributed by atoms with E-state index in [4.69, 9.17) is 10.5 Å². The molecule has 2 N–H and O–H groups in total. The number of esters is 1. The normalized spacial score (nSPS) is 10.1. The molecule has 7 heteroatoms. The van der Waals surface area contributed by atoms with Crippen molar-refractivity contribution in [1.82, 2.24) is 14.8 Å². The second kappa shape index (κ2) is 6.52. The first kappa shape index (κ1) is 14.5. The van der Waals surface area contributed by atoms with Gasteiger partial charge in [-0.25, -0.2) is 4.68 Å². The van der Waals surface area contributed by atoms with Crippen molar-refractivity contribution >= 4 is 11.8 Å². The predicted octanol–water partition coefficient (Wildman–Crippen LogP) is 1.35. The highest BCUT2D eigenvalue weighted by Crippen LogP contribution is 2.25. The van der Waals surface area contributed by atoms with Crippen LogP contribution in [0.4, 0.5) is 5.82 Å².